The molecule has 8 N–H and O–H groups in total. The minimum absolute atomic E-state index is 0.131. The number of nitrogens with two attached hydrogens (primary N) is 2. The predicted molar refractivity (Wildman–Crippen MR) is 83.6 cm³/mol. The summed E-state index contributed by atoms with van der Waals surface area (Å²) in [4.78, 5) is 29.6. The molecule has 5 atom stereocenters. The Balaban J connectivity index is 2.14. The normalized spacial score (nSPS) is 27.4. The van der Waals surface area contributed by atoms with Crippen LogP contribution in [0.1, 0.15) is 24.9 Å². The molecule has 0 unspecified atom stereocenters. The lowest BCUT2D eigenvalue weighted by atomic mass is 10.1. The Bertz CT molecular complexity index is 692. The number of carbonyl (C=O) groups is 2. The van der Waals surface area contributed by atoms with Gasteiger partial charge in [-0.25, -0.2) is 14.5 Å². The van der Waals surface area contributed by atoms with Crippen LogP contribution >= 0.6 is 0 Å². The molecule has 0 saturated carbocycles. The molecule has 1 aromatic heterocycles. The predicted octanol–water partition coefficient (Wildman–Crippen LogP) is -3.69. The van der Waals surface area contributed by atoms with Crippen LogP contribution in [0.2, 0.25) is 0 Å². The standard InChI is InChI=1S/C13H20N6O7/c14-7(21)2-1-5(13(24)25)17-10(15)11-16-4-19(18-11)12-9(23)8(22)6(3-20)26-12/h4-6,8-9,12,20,22-23H,1-3H2,(H2,14,21)(H2,15,17)(H,24,25)/t5-,6+,8+,9+,12+/m0/s1. The molecule has 13 heteroatoms. The summed E-state index contributed by atoms with van der Waals surface area (Å²) >= 11 is 0. The molecule has 2 rings (SSSR count). The molecule has 0 radical (unpaired) electrons. The number of aliphatic carboxylic acids is 1. The number of carboxylic acids is 1. The number of aliphatic hydroxyl groups is 3. The monoisotopic (exact) mass is 372 g/mol. The van der Waals surface area contributed by atoms with Crippen molar-refractivity contribution < 1.29 is 34.8 Å². The molecule has 0 spiro atoms. The van der Waals surface area contributed by atoms with E-state index in [0.29, 0.717) is 0 Å². The van der Waals surface area contributed by atoms with Crippen molar-refractivity contribution in [3.05, 3.63) is 12.2 Å². The van der Waals surface area contributed by atoms with Gasteiger partial charge in [0.15, 0.2) is 12.1 Å². The van der Waals surface area contributed by atoms with Crippen molar-refractivity contribution in [2.24, 2.45) is 16.5 Å². The first-order valence-electron chi connectivity index (χ1n) is 7.63. The van der Waals surface area contributed by atoms with Gasteiger partial charge in [0.2, 0.25) is 11.7 Å². The third kappa shape index (κ3) is 4.32. The second-order valence-corrected chi connectivity index (χ2v) is 5.65. The third-order valence-corrected chi connectivity index (χ3v) is 3.76. The number of carboxylic acid groups (broad SMARTS) is 1. The Morgan fingerprint density at radius 3 is 2.58 bits per heavy atom. The number of amides is 1. The van der Waals surface area contributed by atoms with Gasteiger partial charge in [0.25, 0.3) is 0 Å². The molecule has 26 heavy (non-hydrogen) atoms. The van der Waals surface area contributed by atoms with Gasteiger partial charge in [0, 0.05) is 6.42 Å². The lowest BCUT2D eigenvalue weighted by Crippen LogP contribution is -2.33. The number of aliphatic hydroxyl groups excluding tert-OH is 3. The minimum Gasteiger partial charge on any atom is -0.480 e. The lowest BCUT2D eigenvalue weighted by molar-refractivity contribution is -0.138. The number of hydrogen-bond donors (Lipinski definition) is 6. The highest BCUT2D eigenvalue weighted by Crippen LogP contribution is 2.28. The zero-order valence-corrected chi connectivity index (χ0v) is 13.5. The topological polar surface area (TPSA) is 219 Å². The minimum atomic E-state index is -1.36. The zero-order chi connectivity index (χ0) is 19.4. The van der Waals surface area contributed by atoms with Gasteiger partial charge in [-0.05, 0) is 6.42 Å². The van der Waals surface area contributed by atoms with Gasteiger partial charge in [-0.15, -0.1) is 5.10 Å². The van der Waals surface area contributed by atoms with Gasteiger partial charge in [-0.2, -0.15) is 0 Å². The number of rotatable bonds is 8. The molecule has 0 bridgehead atoms. The van der Waals surface area contributed by atoms with Crippen LogP contribution in [0.3, 0.4) is 0 Å². The fourth-order valence-corrected chi connectivity index (χ4v) is 2.36. The first-order valence-corrected chi connectivity index (χ1v) is 7.63. The van der Waals surface area contributed by atoms with Crippen LogP contribution in [-0.2, 0) is 14.3 Å². The second-order valence-electron chi connectivity index (χ2n) is 5.65. The van der Waals surface area contributed by atoms with Gasteiger partial charge in [-0.1, -0.05) is 0 Å². The molecule has 2 heterocycles. The van der Waals surface area contributed by atoms with Gasteiger partial charge < -0.3 is 36.6 Å². The molecule has 0 aromatic carbocycles. The van der Waals surface area contributed by atoms with E-state index in [0.717, 1.165) is 11.0 Å². The van der Waals surface area contributed by atoms with Gasteiger partial charge in [-0.3, -0.25) is 9.79 Å². The number of ether oxygens (including phenoxy) is 1. The zero-order valence-electron chi connectivity index (χ0n) is 13.5. The molecule has 1 amide bonds. The molecular formula is C13H20N6O7. The van der Waals surface area contributed by atoms with Crippen molar-refractivity contribution in [2.75, 3.05) is 6.61 Å². The first kappa shape index (κ1) is 19.7. The van der Waals surface area contributed by atoms with Crippen molar-refractivity contribution in [3.8, 4) is 0 Å². The maximum absolute atomic E-state index is 11.2. The fraction of sp³-hybridized carbons (Fsp3) is 0.615. The Morgan fingerprint density at radius 1 is 1.35 bits per heavy atom. The van der Waals surface area contributed by atoms with Crippen LogP contribution < -0.4 is 11.5 Å². The van der Waals surface area contributed by atoms with Crippen LogP contribution in [0.4, 0.5) is 0 Å². The van der Waals surface area contributed by atoms with E-state index in [1.54, 1.807) is 0 Å². The van der Waals surface area contributed by atoms with Crippen molar-refractivity contribution in [3.63, 3.8) is 0 Å². The molecule has 144 valence electrons. The summed E-state index contributed by atoms with van der Waals surface area (Å²) in [6.45, 7) is -0.500. The number of carbonyl (C=O) groups excluding carboxylic acids is 1. The number of aliphatic imine (C=N–C) groups is 1. The number of aromatic nitrogens is 3. The number of amidine groups is 1. The summed E-state index contributed by atoms with van der Waals surface area (Å²) in [5.74, 6) is -2.39. The van der Waals surface area contributed by atoms with Crippen LogP contribution in [0.25, 0.3) is 0 Å². The SMILES string of the molecule is NC(=O)CC[C@H](N=C(N)c1ncn([C@@H]2O[C@H](CO)[C@@H](O)[C@H]2O)n1)C(=O)O. The summed E-state index contributed by atoms with van der Waals surface area (Å²) in [5, 5.41) is 41.8. The maximum Gasteiger partial charge on any atom is 0.328 e. The van der Waals surface area contributed by atoms with Crippen molar-refractivity contribution in [1.29, 1.82) is 0 Å². The molecule has 1 aromatic rings. The first-order chi connectivity index (χ1) is 12.2. The van der Waals surface area contributed by atoms with Gasteiger partial charge in [0.1, 0.15) is 30.7 Å². The number of nitrogens with zero attached hydrogens (tertiary/aromatic N) is 4. The highest BCUT2D eigenvalue weighted by Gasteiger charge is 2.44. The molecule has 1 aliphatic rings. The van der Waals surface area contributed by atoms with Gasteiger partial charge >= 0.3 is 5.97 Å². The highest BCUT2D eigenvalue weighted by atomic mass is 16.6. The van der Waals surface area contributed by atoms with E-state index in [4.69, 9.17) is 26.4 Å². The van der Waals surface area contributed by atoms with E-state index in [1.807, 2.05) is 0 Å². The quantitative estimate of drug-likeness (QED) is 0.194. The second kappa shape index (κ2) is 8.18. The van der Waals surface area contributed by atoms with Gasteiger partial charge in [0.05, 0.1) is 6.61 Å². The van der Waals surface area contributed by atoms with Crippen molar-refractivity contribution in [2.45, 2.75) is 43.4 Å². The molecule has 13 nitrogen and oxygen atoms in total. The van der Waals surface area contributed by atoms with Crippen LogP contribution in [0, 0.1) is 0 Å². The maximum atomic E-state index is 11.2. The molecule has 0 aliphatic carbocycles. The number of primary amides is 1. The molecule has 1 saturated heterocycles. The lowest BCUT2D eigenvalue weighted by Gasteiger charge is -2.13. The largest absolute Gasteiger partial charge is 0.480 e. The van der Waals surface area contributed by atoms with E-state index < -0.39 is 49.1 Å². The average Bonchev–Trinajstić information content (AvgIpc) is 3.17. The van der Waals surface area contributed by atoms with Crippen LogP contribution in [-0.4, -0.2) is 83.9 Å². The summed E-state index contributed by atoms with van der Waals surface area (Å²) in [7, 11) is 0. The van der Waals surface area contributed by atoms with E-state index >= 15 is 0 Å². The van der Waals surface area contributed by atoms with Crippen LogP contribution in [0.15, 0.2) is 11.3 Å². The smallest absolute Gasteiger partial charge is 0.328 e. The summed E-state index contributed by atoms with van der Waals surface area (Å²) in [5.41, 5.74) is 10.7. The Morgan fingerprint density at radius 2 is 2.04 bits per heavy atom. The molecule has 1 aliphatic heterocycles. The van der Waals surface area contributed by atoms with E-state index in [9.17, 15) is 19.8 Å². The van der Waals surface area contributed by atoms with Crippen LogP contribution in [0.5, 0.6) is 0 Å². The Hall–Kier alpha value is -2.61. The van der Waals surface area contributed by atoms with E-state index in [2.05, 4.69) is 15.1 Å². The molecular weight excluding hydrogens is 352 g/mol. The molecule has 1 fully saturated rings. The highest BCUT2D eigenvalue weighted by molar-refractivity contribution is 5.95. The Labute approximate surface area is 146 Å². The fourth-order valence-electron chi connectivity index (χ4n) is 2.36. The van der Waals surface area contributed by atoms with E-state index in [-0.39, 0.29) is 24.5 Å². The summed E-state index contributed by atoms with van der Waals surface area (Å²) in [6, 6.07) is -1.30. The average molecular weight is 372 g/mol. The third-order valence-electron chi connectivity index (χ3n) is 3.76. The summed E-state index contributed by atoms with van der Waals surface area (Å²) in [6.07, 6.45) is -3.94. The Kier molecular flexibility index (Phi) is 6.20. The number of hydrogen-bond acceptors (Lipinski definition) is 9. The van der Waals surface area contributed by atoms with Crippen molar-refractivity contribution >= 4 is 17.7 Å². The van der Waals surface area contributed by atoms with Crippen molar-refractivity contribution in [1.82, 2.24) is 14.8 Å². The van der Waals surface area contributed by atoms with E-state index in [1.165, 1.54) is 0 Å². The summed E-state index contributed by atoms with van der Waals surface area (Å²) < 4.78 is 6.35.